The van der Waals surface area contributed by atoms with Crippen LogP contribution >= 0.6 is 11.8 Å². The van der Waals surface area contributed by atoms with Gasteiger partial charge in [0.2, 0.25) is 5.91 Å². The Morgan fingerprint density at radius 2 is 1.78 bits per heavy atom. The molecule has 2 aromatic carbocycles. The predicted octanol–water partition coefficient (Wildman–Crippen LogP) is 3.02. The van der Waals surface area contributed by atoms with Crippen molar-refractivity contribution in [2.24, 2.45) is 0 Å². The summed E-state index contributed by atoms with van der Waals surface area (Å²) in [6.45, 7) is 5.55. The lowest BCUT2D eigenvalue weighted by Gasteiger charge is -2.17. The molecule has 1 atom stereocenters. The van der Waals surface area contributed by atoms with E-state index >= 15 is 0 Å². The molecule has 0 fully saturated rings. The van der Waals surface area contributed by atoms with E-state index in [4.69, 9.17) is 9.47 Å². The molecule has 0 spiro atoms. The molecule has 0 saturated carbocycles. The number of benzene rings is 2. The summed E-state index contributed by atoms with van der Waals surface area (Å²) in [7, 11) is 1.60. The van der Waals surface area contributed by atoms with Gasteiger partial charge in [0.25, 0.3) is 5.91 Å². The molecule has 6 nitrogen and oxygen atoms in total. The lowest BCUT2D eigenvalue weighted by Crippen LogP contribution is -2.47. The SMILES string of the molecule is COc1ccc(SCC(=O)NNC(=O)[C@H](C)Oc2cccc(C)c2C)cc1. The molecule has 0 aliphatic carbocycles. The van der Waals surface area contributed by atoms with Gasteiger partial charge in [0, 0.05) is 4.90 Å². The standard InChI is InChI=1S/C20H24N2O4S/c1-13-6-5-7-18(14(13)2)26-15(3)20(24)22-21-19(23)12-27-17-10-8-16(25-4)9-11-17/h5-11,15H,12H2,1-4H3,(H,21,23)(H,22,24)/t15-/m0/s1. The third-order valence-electron chi connectivity index (χ3n) is 3.98. The second-order valence-electron chi connectivity index (χ2n) is 5.96. The van der Waals surface area contributed by atoms with E-state index in [2.05, 4.69) is 10.9 Å². The lowest BCUT2D eigenvalue weighted by atomic mass is 10.1. The van der Waals surface area contributed by atoms with Crippen molar-refractivity contribution in [2.75, 3.05) is 12.9 Å². The third-order valence-corrected chi connectivity index (χ3v) is 4.99. The molecule has 0 aliphatic rings. The molecule has 2 amide bonds. The van der Waals surface area contributed by atoms with Crippen molar-refractivity contribution < 1.29 is 19.1 Å². The molecule has 0 saturated heterocycles. The summed E-state index contributed by atoms with van der Waals surface area (Å²) in [5.74, 6) is 0.869. The number of carbonyl (C=O) groups is 2. The van der Waals surface area contributed by atoms with Gasteiger partial charge >= 0.3 is 0 Å². The second-order valence-corrected chi connectivity index (χ2v) is 7.01. The third kappa shape index (κ3) is 6.21. The van der Waals surface area contributed by atoms with Crippen LogP contribution in [0.4, 0.5) is 0 Å². The van der Waals surface area contributed by atoms with E-state index in [1.54, 1.807) is 14.0 Å². The van der Waals surface area contributed by atoms with E-state index in [1.807, 2.05) is 56.3 Å². The number of hydrogen-bond donors (Lipinski definition) is 2. The van der Waals surface area contributed by atoms with Gasteiger partial charge in [-0.2, -0.15) is 0 Å². The zero-order valence-corrected chi connectivity index (χ0v) is 16.7. The molecular weight excluding hydrogens is 364 g/mol. The predicted molar refractivity (Wildman–Crippen MR) is 106 cm³/mol. The molecule has 27 heavy (non-hydrogen) atoms. The van der Waals surface area contributed by atoms with Crippen molar-refractivity contribution in [1.29, 1.82) is 0 Å². The first-order valence-electron chi connectivity index (χ1n) is 8.49. The minimum absolute atomic E-state index is 0.179. The van der Waals surface area contributed by atoms with Crippen molar-refractivity contribution in [3.05, 3.63) is 53.6 Å². The fourth-order valence-electron chi connectivity index (χ4n) is 2.19. The smallest absolute Gasteiger partial charge is 0.279 e. The summed E-state index contributed by atoms with van der Waals surface area (Å²) in [4.78, 5) is 25.0. The van der Waals surface area contributed by atoms with Gasteiger partial charge in [0.1, 0.15) is 11.5 Å². The Kier molecular flexibility index (Phi) is 7.55. The monoisotopic (exact) mass is 388 g/mol. The first-order chi connectivity index (χ1) is 12.9. The van der Waals surface area contributed by atoms with Crippen molar-refractivity contribution in [1.82, 2.24) is 10.9 Å². The number of nitrogens with one attached hydrogen (secondary N) is 2. The van der Waals surface area contributed by atoms with Crippen LogP contribution in [0.3, 0.4) is 0 Å². The minimum Gasteiger partial charge on any atom is -0.497 e. The molecule has 0 unspecified atom stereocenters. The largest absolute Gasteiger partial charge is 0.497 e. The number of hydrogen-bond acceptors (Lipinski definition) is 5. The number of carbonyl (C=O) groups excluding carboxylic acids is 2. The summed E-state index contributed by atoms with van der Waals surface area (Å²) < 4.78 is 10.8. The molecule has 7 heteroatoms. The average Bonchev–Trinajstić information content (AvgIpc) is 2.68. The van der Waals surface area contributed by atoms with Gasteiger partial charge in [-0.05, 0) is 62.2 Å². The molecule has 2 aromatic rings. The maximum absolute atomic E-state index is 12.1. The first kappa shape index (κ1) is 20.6. The Morgan fingerprint density at radius 3 is 2.44 bits per heavy atom. The lowest BCUT2D eigenvalue weighted by molar-refractivity contribution is -0.131. The van der Waals surface area contributed by atoms with E-state index in [1.165, 1.54) is 11.8 Å². The maximum Gasteiger partial charge on any atom is 0.279 e. The van der Waals surface area contributed by atoms with E-state index in [0.717, 1.165) is 21.8 Å². The highest BCUT2D eigenvalue weighted by atomic mass is 32.2. The zero-order valence-electron chi connectivity index (χ0n) is 15.9. The van der Waals surface area contributed by atoms with Crippen molar-refractivity contribution in [3.63, 3.8) is 0 Å². The van der Waals surface area contributed by atoms with E-state index in [0.29, 0.717) is 5.75 Å². The van der Waals surface area contributed by atoms with E-state index < -0.39 is 12.0 Å². The molecule has 144 valence electrons. The summed E-state index contributed by atoms with van der Waals surface area (Å²) in [6, 6.07) is 13.1. The van der Waals surface area contributed by atoms with E-state index in [-0.39, 0.29) is 11.7 Å². The Bertz CT molecular complexity index is 793. The number of methoxy groups -OCH3 is 1. The summed E-state index contributed by atoms with van der Waals surface area (Å²) in [6.07, 6.45) is -0.736. The van der Waals surface area contributed by atoms with Gasteiger partial charge in [0.05, 0.1) is 12.9 Å². The first-order valence-corrected chi connectivity index (χ1v) is 9.47. The van der Waals surface area contributed by atoms with Crippen LogP contribution in [0.15, 0.2) is 47.4 Å². The zero-order chi connectivity index (χ0) is 19.8. The highest BCUT2D eigenvalue weighted by molar-refractivity contribution is 8.00. The summed E-state index contributed by atoms with van der Waals surface area (Å²) in [5.41, 5.74) is 6.87. The molecule has 0 bridgehead atoms. The van der Waals surface area contributed by atoms with Crippen LogP contribution in [0.1, 0.15) is 18.1 Å². The Balaban J connectivity index is 1.76. The van der Waals surface area contributed by atoms with Gasteiger partial charge in [-0.15, -0.1) is 11.8 Å². The Labute approximate surface area is 163 Å². The van der Waals surface area contributed by atoms with E-state index in [9.17, 15) is 9.59 Å². The van der Waals surface area contributed by atoms with Crippen LogP contribution in [0.2, 0.25) is 0 Å². The van der Waals surface area contributed by atoms with Gasteiger partial charge in [-0.25, -0.2) is 0 Å². The number of aryl methyl sites for hydroxylation is 1. The summed E-state index contributed by atoms with van der Waals surface area (Å²) >= 11 is 1.36. The Morgan fingerprint density at radius 1 is 1.07 bits per heavy atom. The molecule has 2 N–H and O–H groups in total. The van der Waals surface area contributed by atoms with Gasteiger partial charge in [0.15, 0.2) is 6.10 Å². The highest BCUT2D eigenvalue weighted by Gasteiger charge is 2.16. The van der Waals surface area contributed by atoms with Gasteiger partial charge in [-0.1, -0.05) is 12.1 Å². The van der Waals surface area contributed by atoms with Gasteiger partial charge in [-0.3, -0.25) is 20.4 Å². The molecule has 0 aromatic heterocycles. The summed E-state index contributed by atoms with van der Waals surface area (Å²) in [5, 5.41) is 0. The van der Waals surface area contributed by atoms with Crippen LogP contribution in [0.5, 0.6) is 11.5 Å². The average molecular weight is 388 g/mol. The van der Waals surface area contributed by atoms with Crippen LogP contribution in [-0.4, -0.2) is 30.8 Å². The van der Waals surface area contributed by atoms with Gasteiger partial charge < -0.3 is 9.47 Å². The topological polar surface area (TPSA) is 76.7 Å². The van der Waals surface area contributed by atoms with Crippen LogP contribution < -0.4 is 20.3 Å². The molecule has 0 heterocycles. The quantitative estimate of drug-likeness (QED) is 0.563. The second kappa shape index (κ2) is 9.87. The fraction of sp³-hybridized carbons (Fsp3) is 0.300. The van der Waals surface area contributed by atoms with Crippen LogP contribution in [-0.2, 0) is 9.59 Å². The number of rotatable bonds is 7. The van der Waals surface area contributed by atoms with Crippen molar-refractivity contribution in [3.8, 4) is 11.5 Å². The number of hydrazine groups is 1. The van der Waals surface area contributed by atoms with Crippen LogP contribution in [0, 0.1) is 13.8 Å². The normalized spacial score (nSPS) is 11.4. The van der Waals surface area contributed by atoms with Crippen molar-refractivity contribution >= 4 is 23.6 Å². The minimum atomic E-state index is -0.736. The molecule has 0 aliphatic heterocycles. The van der Waals surface area contributed by atoms with Crippen LogP contribution in [0.25, 0.3) is 0 Å². The Hall–Kier alpha value is -2.67. The fourth-order valence-corrected chi connectivity index (χ4v) is 2.88. The number of ether oxygens (including phenoxy) is 2. The maximum atomic E-state index is 12.1. The number of thioether (sulfide) groups is 1. The molecule has 0 radical (unpaired) electrons. The van der Waals surface area contributed by atoms with Crippen molar-refractivity contribution in [2.45, 2.75) is 31.8 Å². The number of amides is 2. The molecule has 2 rings (SSSR count). The molecular formula is C20H24N2O4S. The highest BCUT2D eigenvalue weighted by Crippen LogP contribution is 2.22.